The number of carbonyl (C=O) groups is 1. The molecule has 10 heteroatoms. The smallest absolute Gasteiger partial charge is 0.282 e. The highest BCUT2D eigenvalue weighted by Gasteiger charge is 2.36. The SMILES string of the molecule is CN(C1CCCCC1)S(=O)(=O)N1CCN(C(=O)c2ccccc2[N+](=O)[O-])CC1. The Hall–Kier alpha value is -2.04. The van der Waals surface area contributed by atoms with Crippen LogP contribution in [0.2, 0.25) is 0 Å². The Bertz CT molecular complexity index is 830. The molecule has 0 unspecified atom stereocenters. The van der Waals surface area contributed by atoms with Crippen LogP contribution in [0.25, 0.3) is 0 Å². The maximum absolute atomic E-state index is 12.9. The Morgan fingerprint density at radius 1 is 1.11 bits per heavy atom. The van der Waals surface area contributed by atoms with Crippen molar-refractivity contribution >= 4 is 21.8 Å². The minimum absolute atomic E-state index is 0.0307. The van der Waals surface area contributed by atoms with Crippen molar-refractivity contribution in [3.63, 3.8) is 0 Å². The quantitative estimate of drug-likeness (QED) is 0.544. The summed E-state index contributed by atoms with van der Waals surface area (Å²) in [5, 5.41) is 11.2. The third kappa shape index (κ3) is 4.18. The van der Waals surface area contributed by atoms with Gasteiger partial charge in [-0.25, -0.2) is 0 Å². The number of nitrogens with zero attached hydrogens (tertiary/aromatic N) is 4. The molecule has 1 saturated carbocycles. The zero-order chi connectivity index (χ0) is 20.3. The predicted molar refractivity (Wildman–Crippen MR) is 104 cm³/mol. The molecule has 28 heavy (non-hydrogen) atoms. The molecule has 1 amide bonds. The number of hydrogen-bond donors (Lipinski definition) is 0. The number of hydrogen-bond acceptors (Lipinski definition) is 5. The van der Waals surface area contributed by atoms with E-state index in [2.05, 4.69) is 0 Å². The van der Waals surface area contributed by atoms with Crippen LogP contribution in [-0.2, 0) is 10.2 Å². The number of nitro benzene ring substituents is 1. The van der Waals surface area contributed by atoms with Crippen LogP contribution >= 0.6 is 0 Å². The first-order chi connectivity index (χ1) is 13.3. The normalized spacial score (nSPS) is 19.7. The summed E-state index contributed by atoms with van der Waals surface area (Å²) in [7, 11) is -1.94. The van der Waals surface area contributed by atoms with E-state index in [4.69, 9.17) is 0 Å². The number of para-hydroxylation sites is 1. The van der Waals surface area contributed by atoms with E-state index in [1.165, 1.54) is 31.7 Å². The molecule has 1 aromatic carbocycles. The van der Waals surface area contributed by atoms with Crippen LogP contribution in [0, 0.1) is 10.1 Å². The summed E-state index contributed by atoms with van der Waals surface area (Å²) < 4.78 is 28.8. The third-order valence-corrected chi connectivity index (χ3v) is 7.68. The van der Waals surface area contributed by atoms with Crippen molar-refractivity contribution in [2.75, 3.05) is 33.2 Å². The van der Waals surface area contributed by atoms with Crippen LogP contribution in [0.5, 0.6) is 0 Å². The molecule has 9 nitrogen and oxygen atoms in total. The van der Waals surface area contributed by atoms with Gasteiger partial charge in [0.25, 0.3) is 21.8 Å². The van der Waals surface area contributed by atoms with Crippen molar-refractivity contribution in [1.29, 1.82) is 0 Å². The van der Waals surface area contributed by atoms with Crippen molar-refractivity contribution in [3.8, 4) is 0 Å². The van der Waals surface area contributed by atoms with Gasteiger partial charge in [-0.2, -0.15) is 17.0 Å². The molecule has 1 aliphatic carbocycles. The van der Waals surface area contributed by atoms with E-state index < -0.39 is 21.0 Å². The van der Waals surface area contributed by atoms with E-state index in [-0.39, 0.29) is 43.5 Å². The zero-order valence-corrected chi connectivity index (χ0v) is 16.8. The Labute approximate surface area is 165 Å². The van der Waals surface area contributed by atoms with Crippen molar-refractivity contribution < 1.29 is 18.1 Å². The second-order valence-corrected chi connectivity index (χ2v) is 9.27. The average Bonchev–Trinajstić information content (AvgIpc) is 2.73. The molecule has 1 saturated heterocycles. The first kappa shape index (κ1) is 20.7. The van der Waals surface area contributed by atoms with E-state index >= 15 is 0 Å². The minimum Gasteiger partial charge on any atom is -0.336 e. The van der Waals surface area contributed by atoms with Crippen LogP contribution < -0.4 is 0 Å². The highest BCUT2D eigenvalue weighted by molar-refractivity contribution is 7.86. The molecule has 3 rings (SSSR count). The molecule has 154 valence electrons. The standard InChI is InChI=1S/C18H26N4O5S/c1-19(15-7-3-2-4-8-15)28(26,27)21-13-11-20(12-14-21)18(23)16-9-5-6-10-17(16)22(24)25/h5-6,9-10,15H,2-4,7-8,11-14H2,1H3. The Kier molecular flexibility index (Phi) is 6.31. The molecule has 1 heterocycles. The van der Waals surface area contributed by atoms with Crippen LogP contribution in [0.1, 0.15) is 42.5 Å². The maximum Gasteiger partial charge on any atom is 0.282 e. The number of amides is 1. The summed E-state index contributed by atoms with van der Waals surface area (Å²) in [6, 6.07) is 5.86. The fourth-order valence-corrected chi connectivity index (χ4v) is 5.50. The second kappa shape index (κ2) is 8.54. The summed E-state index contributed by atoms with van der Waals surface area (Å²) >= 11 is 0. The Morgan fingerprint density at radius 2 is 1.71 bits per heavy atom. The van der Waals surface area contributed by atoms with E-state index in [1.54, 1.807) is 13.1 Å². The number of carbonyl (C=O) groups excluding carboxylic acids is 1. The van der Waals surface area contributed by atoms with Gasteiger partial charge in [-0.3, -0.25) is 14.9 Å². The lowest BCUT2D eigenvalue weighted by Crippen LogP contribution is -2.55. The van der Waals surface area contributed by atoms with Gasteiger partial charge in [-0.1, -0.05) is 31.4 Å². The molecule has 0 spiro atoms. The highest BCUT2D eigenvalue weighted by Crippen LogP contribution is 2.26. The van der Waals surface area contributed by atoms with Gasteiger partial charge in [-0.05, 0) is 18.9 Å². The molecule has 0 aromatic heterocycles. The fourth-order valence-electron chi connectivity index (χ4n) is 3.92. The van der Waals surface area contributed by atoms with Crippen molar-refractivity contribution in [3.05, 3.63) is 39.9 Å². The van der Waals surface area contributed by atoms with Crippen LogP contribution in [-0.4, -0.2) is 72.0 Å². The van der Waals surface area contributed by atoms with Gasteiger partial charge in [0.2, 0.25) is 0 Å². The van der Waals surface area contributed by atoms with Gasteiger partial charge in [0.05, 0.1) is 4.92 Å². The summed E-state index contributed by atoms with van der Waals surface area (Å²) in [5.74, 6) is -0.440. The van der Waals surface area contributed by atoms with Crippen molar-refractivity contribution in [1.82, 2.24) is 13.5 Å². The first-order valence-electron chi connectivity index (χ1n) is 9.58. The topological polar surface area (TPSA) is 104 Å². The van der Waals surface area contributed by atoms with Crippen molar-refractivity contribution in [2.45, 2.75) is 38.1 Å². The van der Waals surface area contributed by atoms with Gasteiger partial charge in [-0.15, -0.1) is 0 Å². The minimum atomic E-state index is -3.58. The molecular formula is C18H26N4O5S. The molecule has 2 fully saturated rings. The number of nitro groups is 1. The van der Waals surface area contributed by atoms with Crippen molar-refractivity contribution in [2.24, 2.45) is 0 Å². The highest BCUT2D eigenvalue weighted by atomic mass is 32.2. The molecule has 1 aliphatic heterocycles. The van der Waals surface area contributed by atoms with Gasteiger partial charge < -0.3 is 4.90 Å². The maximum atomic E-state index is 12.9. The number of rotatable bonds is 5. The zero-order valence-electron chi connectivity index (χ0n) is 16.0. The summed E-state index contributed by atoms with van der Waals surface area (Å²) in [6.45, 7) is 0.794. The summed E-state index contributed by atoms with van der Waals surface area (Å²) in [5.41, 5.74) is -0.206. The molecule has 0 atom stereocenters. The van der Waals surface area contributed by atoms with E-state index in [9.17, 15) is 23.3 Å². The van der Waals surface area contributed by atoms with E-state index in [0.29, 0.717) is 0 Å². The van der Waals surface area contributed by atoms with Gasteiger partial charge in [0.15, 0.2) is 0 Å². The molecule has 0 radical (unpaired) electrons. The molecule has 2 aliphatic rings. The van der Waals surface area contributed by atoms with E-state index in [1.807, 2.05) is 0 Å². The lowest BCUT2D eigenvalue weighted by molar-refractivity contribution is -0.385. The average molecular weight is 410 g/mol. The molecule has 0 bridgehead atoms. The summed E-state index contributed by atoms with van der Waals surface area (Å²) in [4.78, 5) is 24.8. The Morgan fingerprint density at radius 3 is 2.32 bits per heavy atom. The lowest BCUT2D eigenvalue weighted by Gasteiger charge is -2.38. The number of benzene rings is 1. The Balaban J connectivity index is 1.65. The molecule has 0 N–H and O–H groups in total. The van der Waals surface area contributed by atoms with E-state index in [0.717, 1.165) is 32.1 Å². The molecule has 1 aromatic rings. The molecular weight excluding hydrogens is 384 g/mol. The monoisotopic (exact) mass is 410 g/mol. The fraction of sp³-hybridized carbons (Fsp3) is 0.611. The van der Waals surface area contributed by atoms with Crippen LogP contribution in [0.15, 0.2) is 24.3 Å². The van der Waals surface area contributed by atoms with Gasteiger partial charge in [0, 0.05) is 45.3 Å². The summed E-state index contributed by atoms with van der Waals surface area (Å²) in [6.07, 6.45) is 5.00. The van der Waals surface area contributed by atoms with Crippen LogP contribution in [0.3, 0.4) is 0 Å². The second-order valence-electron chi connectivity index (χ2n) is 7.28. The first-order valence-corrected chi connectivity index (χ1v) is 11.0. The number of piperazine rings is 1. The van der Waals surface area contributed by atoms with Gasteiger partial charge in [0.1, 0.15) is 5.56 Å². The lowest BCUT2D eigenvalue weighted by atomic mass is 9.96. The third-order valence-electron chi connectivity index (χ3n) is 5.64. The van der Waals surface area contributed by atoms with Gasteiger partial charge >= 0.3 is 0 Å². The predicted octanol–water partition coefficient (Wildman–Crippen LogP) is 1.86. The van der Waals surface area contributed by atoms with Crippen LogP contribution in [0.4, 0.5) is 5.69 Å². The largest absolute Gasteiger partial charge is 0.336 e.